The quantitative estimate of drug-likeness (QED) is 0.273. The minimum absolute atomic E-state index is 0.0695. The molecule has 6 rings (SSSR count). The third-order valence-corrected chi connectivity index (χ3v) is 6.34. The fraction of sp³-hybridized carbons (Fsp3) is 0.156. The van der Waals surface area contributed by atoms with Gasteiger partial charge < -0.3 is 4.42 Å². The van der Waals surface area contributed by atoms with Crippen LogP contribution in [0.3, 0.4) is 0 Å². The normalized spacial score (nSPS) is 12.5. The van der Waals surface area contributed by atoms with Gasteiger partial charge in [-0.2, -0.15) is 0 Å². The van der Waals surface area contributed by atoms with Crippen molar-refractivity contribution in [2.75, 3.05) is 0 Å². The first-order valence-corrected chi connectivity index (χ1v) is 11.8. The minimum Gasteiger partial charge on any atom is -0.455 e. The summed E-state index contributed by atoms with van der Waals surface area (Å²) in [5.41, 5.74) is 6.54. The van der Waals surface area contributed by atoms with E-state index in [1.54, 1.807) is 0 Å². The lowest BCUT2D eigenvalue weighted by molar-refractivity contribution is 0.411. The first-order valence-electron chi connectivity index (χ1n) is 12.3. The average molecular weight is 443 g/mol. The second-order valence-electron chi connectivity index (χ2n) is 10.2. The Morgan fingerprint density at radius 3 is 2.26 bits per heavy atom. The number of aromatic nitrogens is 1. The number of furan rings is 1. The van der Waals surface area contributed by atoms with Crippen LogP contribution in [0.5, 0.6) is 0 Å². The predicted molar refractivity (Wildman–Crippen MR) is 143 cm³/mol. The lowest BCUT2D eigenvalue weighted by atomic mass is 9.85. The average Bonchev–Trinajstić information content (AvgIpc) is 3.19. The maximum absolute atomic E-state index is 8.92. The van der Waals surface area contributed by atoms with E-state index in [4.69, 9.17) is 10.8 Å². The number of para-hydroxylation sites is 1. The Labute approximate surface area is 201 Å². The monoisotopic (exact) mass is 442 g/mol. The highest BCUT2D eigenvalue weighted by Gasteiger charge is 2.19. The molecular weight excluding hydrogens is 414 g/mol. The molecule has 2 heteroatoms. The Balaban J connectivity index is 1.59. The summed E-state index contributed by atoms with van der Waals surface area (Å²) in [5.74, 6) is 0. The topological polar surface area (TPSA) is 26.0 Å². The van der Waals surface area contributed by atoms with Crippen molar-refractivity contribution in [1.82, 2.24) is 4.98 Å². The van der Waals surface area contributed by atoms with E-state index in [9.17, 15) is 0 Å². The van der Waals surface area contributed by atoms with Crippen LogP contribution in [0.1, 0.15) is 27.7 Å². The fourth-order valence-corrected chi connectivity index (χ4v) is 4.85. The summed E-state index contributed by atoms with van der Waals surface area (Å²) in [6.07, 6.45) is 1.15. The number of nitrogens with zero attached hydrogens (tertiary/aromatic N) is 1. The van der Waals surface area contributed by atoms with Crippen LogP contribution in [-0.4, -0.2) is 4.98 Å². The molecule has 166 valence electrons. The summed E-state index contributed by atoms with van der Waals surface area (Å²) in [5, 5.41) is 4.52. The zero-order valence-corrected chi connectivity index (χ0v) is 19.7. The Morgan fingerprint density at radius 2 is 1.50 bits per heavy atom. The van der Waals surface area contributed by atoms with Crippen molar-refractivity contribution in [2.24, 2.45) is 5.41 Å². The number of hydrogen-bond acceptors (Lipinski definition) is 2. The predicted octanol–water partition coefficient (Wildman–Crippen LogP) is 9.06. The van der Waals surface area contributed by atoms with Gasteiger partial charge in [0.25, 0.3) is 0 Å². The number of pyridine rings is 1. The molecule has 6 aromatic rings. The third-order valence-electron chi connectivity index (χ3n) is 6.34. The van der Waals surface area contributed by atoms with E-state index >= 15 is 0 Å². The van der Waals surface area contributed by atoms with Crippen molar-refractivity contribution in [2.45, 2.75) is 27.2 Å². The lowest BCUT2D eigenvalue weighted by Crippen LogP contribution is -2.10. The van der Waals surface area contributed by atoms with Gasteiger partial charge in [-0.05, 0) is 58.0 Å². The second-order valence-corrected chi connectivity index (χ2v) is 10.2. The number of benzene rings is 4. The Bertz CT molecular complexity index is 1710. The number of hydrogen-bond donors (Lipinski definition) is 0. The van der Waals surface area contributed by atoms with Gasteiger partial charge in [0.15, 0.2) is 0 Å². The molecule has 0 fully saturated rings. The maximum Gasteiger partial charge on any atom is 0.144 e. The summed E-state index contributed by atoms with van der Waals surface area (Å²) >= 11 is 0. The Kier molecular flexibility index (Phi) is 4.51. The molecule has 0 unspecified atom stereocenters. The summed E-state index contributed by atoms with van der Waals surface area (Å²) < 4.78 is 15.4. The van der Waals surface area contributed by atoms with Crippen LogP contribution in [0.2, 0.25) is 0 Å². The maximum atomic E-state index is 8.92. The van der Waals surface area contributed by atoms with E-state index in [0.717, 1.165) is 61.7 Å². The molecule has 2 aromatic heterocycles. The van der Waals surface area contributed by atoms with Crippen molar-refractivity contribution >= 4 is 32.7 Å². The van der Waals surface area contributed by atoms with Crippen LogP contribution in [0, 0.1) is 5.41 Å². The molecular formula is C32H27NO. The molecule has 0 aliphatic rings. The summed E-state index contributed by atoms with van der Waals surface area (Å²) in [4.78, 5) is 4.79. The van der Waals surface area contributed by atoms with Gasteiger partial charge in [0.2, 0.25) is 0 Å². The van der Waals surface area contributed by atoms with Gasteiger partial charge in [-0.25, -0.2) is 0 Å². The van der Waals surface area contributed by atoms with E-state index in [2.05, 4.69) is 87.5 Å². The van der Waals surface area contributed by atoms with E-state index in [1.165, 1.54) is 5.39 Å². The smallest absolute Gasteiger partial charge is 0.144 e. The molecule has 4 aromatic carbocycles. The van der Waals surface area contributed by atoms with Crippen LogP contribution in [0.4, 0.5) is 0 Å². The Morgan fingerprint density at radius 1 is 0.765 bits per heavy atom. The molecule has 34 heavy (non-hydrogen) atoms. The number of fused-ring (bicyclic) bond motifs is 4. The van der Waals surface area contributed by atoms with Gasteiger partial charge in [0.05, 0.1) is 7.06 Å². The van der Waals surface area contributed by atoms with Crippen molar-refractivity contribution in [3.8, 4) is 22.4 Å². The minimum atomic E-state index is 0.0695. The molecule has 0 spiro atoms. The van der Waals surface area contributed by atoms with E-state index < -0.39 is 0 Å². The van der Waals surface area contributed by atoms with Gasteiger partial charge in [0.1, 0.15) is 11.2 Å². The highest BCUT2D eigenvalue weighted by Crippen LogP contribution is 2.38. The highest BCUT2D eigenvalue weighted by atomic mass is 16.3. The molecule has 0 amide bonds. The second kappa shape index (κ2) is 7.85. The van der Waals surface area contributed by atoms with Crippen LogP contribution >= 0.6 is 0 Å². The Hall–Kier alpha value is -3.91. The van der Waals surface area contributed by atoms with Crippen LogP contribution in [-0.2, 0) is 6.42 Å². The summed E-state index contributed by atoms with van der Waals surface area (Å²) in [6.45, 7) is 6.70. The standard InChI is InChI=1S/C32H27NO/c1-32(2,3)19-24-17-29(33-20-28(24)21-10-5-4-6-11-21)26-15-9-14-25-27-16-22-12-7-8-13-23(22)18-30(27)34-31(25)26/h4-18,20H,19H2,1-3H3/i20D. The molecule has 0 aliphatic carbocycles. The van der Waals surface area contributed by atoms with E-state index in [1.807, 2.05) is 24.3 Å². The molecule has 0 atom stereocenters. The molecule has 0 N–H and O–H groups in total. The highest BCUT2D eigenvalue weighted by molar-refractivity contribution is 6.13. The molecule has 2 heterocycles. The van der Waals surface area contributed by atoms with Gasteiger partial charge in [-0.15, -0.1) is 0 Å². The summed E-state index contributed by atoms with van der Waals surface area (Å²) in [6, 6.07) is 31.2. The van der Waals surface area contributed by atoms with Crippen molar-refractivity contribution < 1.29 is 5.79 Å². The zero-order chi connectivity index (χ0) is 24.2. The first kappa shape index (κ1) is 19.5. The van der Waals surface area contributed by atoms with Crippen LogP contribution < -0.4 is 0 Å². The molecule has 0 saturated heterocycles. The van der Waals surface area contributed by atoms with Crippen molar-refractivity contribution in [3.05, 3.63) is 103 Å². The molecule has 0 bridgehead atoms. The largest absolute Gasteiger partial charge is 0.455 e. The molecule has 0 aliphatic heterocycles. The molecule has 0 saturated carbocycles. The van der Waals surface area contributed by atoms with Crippen molar-refractivity contribution in [1.29, 1.82) is 0 Å². The van der Waals surface area contributed by atoms with Gasteiger partial charge in [-0.3, -0.25) is 4.98 Å². The SMILES string of the molecule is [2H]c1nc(-c2cccc3c2oc2cc4ccccc4cc23)cc(CC(C)(C)C)c1-c1ccccc1. The summed E-state index contributed by atoms with van der Waals surface area (Å²) in [7, 11) is 0. The fourth-order valence-electron chi connectivity index (χ4n) is 4.85. The van der Waals surface area contributed by atoms with Gasteiger partial charge in [-0.1, -0.05) is 87.5 Å². The third kappa shape index (κ3) is 3.66. The zero-order valence-electron chi connectivity index (χ0n) is 20.7. The van der Waals surface area contributed by atoms with E-state index in [0.29, 0.717) is 6.17 Å². The van der Waals surface area contributed by atoms with Crippen molar-refractivity contribution in [3.63, 3.8) is 0 Å². The first-order chi connectivity index (χ1) is 16.9. The number of rotatable bonds is 3. The van der Waals surface area contributed by atoms with Crippen LogP contribution in [0.25, 0.3) is 55.1 Å². The van der Waals surface area contributed by atoms with Gasteiger partial charge >= 0.3 is 0 Å². The van der Waals surface area contributed by atoms with E-state index in [-0.39, 0.29) is 5.41 Å². The molecule has 0 radical (unpaired) electrons. The van der Waals surface area contributed by atoms with Crippen LogP contribution in [0.15, 0.2) is 102 Å². The lowest BCUT2D eigenvalue weighted by Gasteiger charge is -2.21. The molecule has 2 nitrogen and oxygen atoms in total. The van der Waals surface area contributed by atoms with Gasteiger partial charge in [0, 0.05) is 28.1 Å².